The summed E-state index contributed by atoms with van der Waals surface area (Å²) in [6, 6.07) is 7.21. The Morgan fingerprint density at radius 2 is 1.59 bits per heavy atom. The van der Waals surface area contributed by atoms with Gasteiger partial charge < -0.3 is 30.8 Å². The van der Waals surface area contributed by atoms with E-state index in [1.165, 1.54) is 0 Å². The van der Waals surface area contributed by atoms with Crippen molar-refractivity contribution in [3.05, 3.63) is 35.9 Å². The van der Waals surface area contributed by atoms with Crippen LogP contribution in [0.25, 0.3) is 0 Å². The van der Waals surface area contributed by atoms with E-state index in [-0.39, 0.29) is 25.4 Å². The zero-order valence-electron chi connectivity index (χ0n) is 20.5. The van der Waals surface area contributed by atoms with Crippen LogP contribution in [0.4, 0.5) is 4.79 Å². The van der Waals surface area contributed by atoms with Gasteiger partial charge in [-0.2, -0.15) is 0 Å². The van der Waals surface area contributed by atoms with Crippen molar-refractivity contribution < 1.29 is 28.7 Å². The monoisotopic (exact) mass is 476 g/mol. The van der Waals surface area contributed by atoms with Gasteiger partial charge in [0.2, 0.25) is 17.7 Å². The topological polar surface area (TPSA) is 143 Å². The molecule has 1 aromatic rings. The molecular formula is C24H36N4O6. The smallest absolute Gasteiger partial charge is 0.408 e. The molecule has 188 valence electrons. The lowest BCUT2D eigenvalue weighted by molar-refractivity contribution is -0.132. The third kappa shape index (κ3) is 12.0. The number of hydrogen-bond acceptors (Lipinski definition) is 6. The van der Waals surface area contributed by atoms with Crippen molar-refractivity contribution in [1.82, 2.24) is 21.3 Å². The molecule has 10 heteroatoms. The zero-order valence-corrected chi connectivity index (χ0v) is 20.5. The highest BCUT2D eigenvalue weighted by Crippen LogP contribution is 2.08. The molecule has 1 aromatic carbocycles. The van der Waals surface area contributed by atoms with Crippen molar-refractivity contribution in [3.63, 3.8) is 0 Å². The summed E-state index contributed by atoms with van der Waals surface area (Å²) in [6.45, 7) is 8.35. The molecule has 0 aliphatic heterocycles. The van der Waals surface area contributed by atoms with Crippen LogP contribution in [0.2, 0.25) is 0 Å². The SMILES string of the molecule is CC(C)CC(NC(=O)C(Cc1ccccc1)NC(=O)CNC(=O)OC(C)(C)C)C(=O)NCC=O. The molecule has 0 saturated carbocycles. The molecule has 0 bridgehead atoms. The number of nitrogens with one attached hydrogen (secondary N) is 4. The number of aldehydes is 1. The Labute approximate surface area is 200 Å². The Bertz CT molecular complexity index is 836. The van der Waals surface area contributed by atoms with Crippen LogP contribution in [0.15, 0.2) is 30.3 Å². The maximum Gasteiger partial charge on any atom is 0.408 e. The van der Waals surface area contributed by atoms with Gasteiger partial charge in [0, 0.05) is 6.42 Å². The van der Waals surface area contributed by atoms with E-state index in [9.17, 15) is 24.0 Å². The Hall–Kier alpha value is -3.43. The van der Waals surface area contributed by atoms with E-state index in [4.69, 9.17) is 4.74 Å². The second kappa shape index (κ2) is 14.0. The van der Waals surface area contributed by atoms with Crippen LogP contribution >= 0.6 is 0 Å². The first kappa shape index (κ1) is 28.6. The third-order valence-electron chi connectivity index (χ3n) is 4.43. The van der Waals surface area contributed by atoms with Gasteiger partial charge in [-0.1, -0.05) is 44.2 Å². The highest BCUT2D eigenvalue weighted by Gasteiger charge is 2.28. The van der Waals surface area contributed by atoms with E-state index in [0.29, 0.717) is 12.7 Å². The molecule has 0 radical (unpaired) electrons. The largest absolute Gasteiger partial charge is 0.444 e. The van der Waals surface area contributed by atoms with Crippen LogP contribution in [0.3, 0.4) is 0 Å². The summed E-state index contributed by atoms with van der Waals surface area (Å²) >= 11 is 0. The Balaban J connectivity index is 2.91. The highest BCUT2D eigenvalue weighted by molar-refractivity contribution is 5.93. The average molecular weight is 477 g/mol. The van der Waals surface area contributed by atoms with Crippen LogP contribution in [-0.4, -0.2) is 60.9 Å². The summed E-state index contributed by atoms with van der Waals surface area (Å²) < 4.78 is 5.11. The van der Waals surface area contributed by atoms with Crippen molar-refractivity contribution in [3.8, 4) is 0 Å². The van der Waals surface area contributed by atoms with Gasteiger partial charge in [0.1, 0.15) is 30.5 Å². The molecule has 0 heterocycles. The fourth-order valence-electron chi connectivity index (χ4n) is 3.01. The van der Waals surface area contributed by atoms with E-state index in [1.807, 2.05) is 44.2 Å². The third-order valence-corrected chi connectivity index (χ3v) is 4.43. The standard InChI is InChI=1S/C24H36N4O6/c1-16(2)13-18(21(31)25-11-12-29)28-22(32)19(14-17-9-7-6-8-10-17)27-20(30)15-26-23(33)34-24(3,4)5/h6-10,12,16,18-19H,11,13-15H2,1-5H3,(H,25,31)(H,26,33)(H,27,30)(H,28,32). The van der Waals surface area contributed by atoms with E-state index < -0.39 is 41.5 Å². The van der Waals surface area contributed by atoms with Gasteiger partial charge in [0.05, 0.1) is 6.54 Å². The zero-order chi connectivity index (χ0) is 25.7. The van der Waals surface area contributed by atoms with Crippen LogP contribution < -0.4 is 21.3 Å². The van der Waals surface area contributed by atoms with Gasteiger partial charge in [-0.05, 0) is 38.7 Å². The maximum absolute atomic E-state index is 13.1. The molecule has 2 unspecified atom stereocenters. The van der Waals surface area contributed by atoms with Crippen molar-refractivity contribution in [2.24, 2.45) is 5.92 Å². The lowest BCUT2D eigenvalue weighted by Crippen LogP contribution is -2.55. The quantitative estimate of drug-likeness (QED) is 0.333. The minimum absolute atomic E-state index is 0.0903. The molecule has 0 saturated heterocycles. The summed E-state index contributed by atoms with van der Waals surface area (Å²) in [7, 11) is 0. The van der Waals surface area contributed by atoms with E-state index in [1.54, 1.807) is 20.8 Å². The minimum Gasteiger partial charge on any atom is -0.444 e. The fourth-order valence-corrected chi connectivity index (χ4v) is 3.01. The van der Waals surface area contributed by atoms with Gasteiger partial charge in [0.15, 0.2) is 0 Å². The van der Waals surface area contributed by atoms with Crippen molar-refractivity contribution in [2.45, 2.75) is 65.1 Å². The van der Waals surface area contributed by atoms with Crippen LogP contribution in [0.1, 0.15) is 46.6 Å². The summed E-state index contributed by atoms with van der Waals surface area (Å²) in [5, 5.41) is 10.1. The molecule has 4 N–H and O–H groups in total. The normalized spacial score (nSPS) is 12.8. The molecule has 0 aliphatic rings. The summed E-state index contributed by atoms with van der Waals surface area (Å²) in [6.07, 6.45) is 0.329. The number of carbonyl (C=O) groups is 5. The number of carbonyl (C=O) groups excluding carboxylic acids is 5. The Morgan fingerprint density at radius 3 is 2.15 bits per heavy atom. The van der Waals surface area contributed by atoms with Crippen molar-refractivity contribution >= 4 is 30.1 Å². The summed E-state index contributed by atoms with van der Waals surface area (Å²) in [5.41, 5.74) is 0.0837. The number of benzene rings is 1. The molecule has 0 spiro atoms. The first-order valence-electron chi connectivity index (χ1n) is 11.2. The second-order valence-corrected chi connectivity index (χ2v) is 9.27. The lowest BCUT2D eigenvalue weighted by Gasteiger charge is -2.24. The minimum atomic E-state index is -0.996. The number of hydrogen-bond donors (Lipinski definition) is 4. The maximum atomic E-state index is 13.1. The van der Waals surface area contributed by atoms with E-state index in [0.717, 1.165) is 5.56 Å². The van der Waals surface area contributed by atoms with Gasteiger partial charge in [-0.15, -0.1) is 0 Å². The lowest BCUT2D eigenvalue weighted by atomic mass is 10.0. The van der Waals surface area contributed by atoms with Gasteiger partial charge in [-0.25, -0.2) is 4.79 Å². The Kier molecular flexibility index (Phi) is 11.8. The van der Waals surface area contributed by atoms with Gasteiger partial charge in [0.25, 0.3) is 0 Å². The molecule has 1 rings (SSSR count). The second-order valence-electron chi connectivity index (χ2n) is 9.27. The number of amides is 4. The number of rotatable bonds is 12. The molecule has 2 atom stereocenters. The first-order chi connectivity index (χ1) is 15.9. The average Bonchev–Trinajstić information content (AvgIpc) is 2.74. The molecule has 0 fully saturated rings. The molecule has 4 amide bonds. The van der Waals surface area contributed by atoms with Crippen molar-refractivity contribution in [1.29, 1.82) is 0 Å². The van der Waals surface area contributed by atoms with E-state index in [2.05, 4.69) is 21.3 Å². The van der Waals surface area contributed by atoms with Gasteiger partial charge >= 0.3 is 6.09 Å². The molecular weight excluding hydrogens is 440 g/mol. The fraction of sp³-hybridized carbons (Fsp3) is 0.542. The molecule has 10 nitrogen and oxygen atoms in total. The van der Waals surface area contributed by atoms with Crippen LogP contribution in [0, 0.1) is 5.92 Å². The highest BCUT2D eigenvalue weighted by atomic mass is 16.6. The molecule has 0 aromatic heterocycles. The van der Waals surface area contributed by atoms with E-state index >= 15 is 0 Å². The van der Waals surface area contributed by atoms with Crippen molar-refractivity contribution in [2.75, 3.05) is 13.1 Å². The number of ether oxygens (including phenoxy) is 1. The van der Waals surface area contributed by atoms with Gasteiger partial charge in [-0.3, -0.25) is 14.4 Å². The van der Waals surface area contributed by atoms with Crippen LogP contribution in [0.5, 0.6) is 0 Å². The summed E-state index contributed by atoms with van der Waals surface area (Å²) in [4.78, 5) is 60.4. The molecule has 34 heavy (non-hydrogen) atoms. The molecule has 0 aliphatic carbocycles. The summed E-state index contributed by atoms with van der Waals surface area (Å²) in [5.74, 6) is -1.54. The number of alkyl carbamates (subject to hydrolysis) is 1. The Morgan fingerprint density at radius 1 is 0.941 bits per heavy atom. The van der Waals surface area contributed by atoms with Crippen LogP contribution in [-0.2, 0) is 30.3 Å². The first-order valence-corrected chi connectivity index (χ1v) is 11.2. The predicted octanol–water partition coefficient (Wildman–Crippen LogP) is 1.08. The predicted molar refractivity (Wildman–Crippen MR) is 127 cm³/mol.